The van der Waals surface area contributed by atoms with Crippen LogP contribution in [-0.2, 0) is 9.59 Å². The zero-order chi connectivity index (χ0) is 14.7. The highest BCUT2D eigenvalue weighted by molar-refractivity contribution is 8.02. The van der Waals surface area contributed by atoms with Crippen molar-refractivity contribution in [2.45, 2.75) is 43.6 Å². The molecule has 112 valence electrons. The van der Waals surface area contributed by atoms with Crippen molar-refractivity contribution in [1.82, 2.24) is 10.2 Å². The summed E-state index contributed by atoms with van der Waals surface area (Å²) in [5.41, 5.74) is 0.372. The number of fused-ring (bicyclic) bond motifs is 1. The molecule has 1 fully saturated rings. The lowest BCUT2D eigenvalue weighted by atomic mass is 9.98. The third kappa shape index (κ3) is 2.70. The molecular weight excluding hydrogens is 280 g/mol. The minimum absolute atomic E-state index is 0.180. The minimum atomic E-state index is -1.09. The van der Waals surface area contributed by atoms with Crippen LogP contribution in [0.1, 0.15) is 26.2 Å². The summed E-state index contributed by atoms with van der Waals surface area (Å²) >= 11 is 1.40. The molecule has 2 heterocycles. The molecule has 2 rings (SSSR count). The van der Waals surface area contributed by atoms with E-state index in [4.69, 9.17) is 0 Å². The number of nitrogens with zero attached hydrogens (tertiary/aromatic N) is 1. The van der Waals surface area contributed by atoms with Crippen LogP contribution in [0.2, 0.25) is 0 Å². The number of carbonyl (C=O) groups is 2. The maximum absolute atomic E-state index is 12.1. The molecule has 1 amide bonds. The van der Waals surface area contributed by atoms with Gasteiger partial charge < -0.3 is 20.4 Å². The molecule has 0 aromatic rings. The number of aliphatic hydroxyl groups excluding tert-OH is 1. The SMILES string of the molecule is CCCCCNC1C(=O)N2C(C(=O)O)C(CO)=CS[C@H]12. The number of nitrogens with one attached hydrogen (secondary N) is 1. The van der Waals surface area contributed by atoms with Gasteiger partial charge in [0.1, 0.15) is 11.4 Å². The first-order chi connectivity index (χ1) is 9.61. The Kier molecular flexibility index (Phi) is 5.06. The first-order valence-electron chi connectivity index (χ1n) is 6.85. The van der Waals surface area contributed by atoms with Gasteiger partial charge in [-0.25, -0.2) is 4.79 Å². The van der Waals surface area contributed by atoms with E-state index in [9.17, 15) is 19.8 Å². The largest absolute Gasteiger partial charge is 0.479 e. The molecule has 0 bridgehead atoms. The quantitative estimate of drug-likeness (QED) is 0.465. The first kappa shape index (κ1) is 15.3. The molecule has 3 atom stereocenters. The molecule has 0 aromatic heterocycles. The summed E-state index contributed by atoms with van der Waals surface area (Å²) in [4.78, 5) is 24.8. The predicted octanol–water partition coefficient (Wildman–Crippen LogP) is 0.379. The summed E-state index contributed by atoms with van der Waals surface area (Å²) < 4.78 is 0. The molecule has 0 spiro atoms. The van der Waals surface area contributed by atoms with Crippen molar-refractivity contribution in [2.24, 2.45) is 0 Å². The number of hydrogen-bond donors (Lipinski definition) is 3. The molecule has 1 saturated heterocycles. The number of aliphatic carboxylic acids is 1. The van der Waals surface area contributed by atoms with Crippen LogP contribution in [0.4, 0.5) is 0 Å². The molecule has 0 radical (unpaired) electrons. The second-order valence-corrected chi connectivity index (χ2v) is 5.99. The fraction of sp³-hybridized carbons (Fsp3) is 0.692. The number of rotatable bonds is 7. The van der Waals surface area contributed by atoms with E-state index < -0.39 is 12.0 Å². The van der Waals surface area contributed by atoms with Gasteiger partial charge in [0, 0.05) is 0 Å². The highest BCUT2D eigenvalue weighted by Crippen LogP contribution is 2.39. The van der Waals surface area contributed by atoms with Crippen LogP contribution in [0.25, 0.3) is 0 Å². The second kappa shape index (κ2) is 6.60. The van der Waals surface area contributed by atoms with Gasteiger partial charge in [0.2, 0.25) is 5.91 Å². The van der Waals surface area contributed by atoms with Gasteiger partial charge in [-0.1, -0.05) is 19.8 Å². The molecule has 7 heteroatoms. The fourth-order valence-corrected chi connectivity index (χ4v) is 3.77. The summed E-state index contributed by atoms with van der Waals surface area (Å²) in [6, 6.07) is -1.33. The number of β-lactam (4-membered cyclic amide) rings is 1. The lowest BCUT2D eigenvalue weighted by Gasteiger charge is -2.51. The number of hydrogen-bond acceptors (Lipinski definition) is 5. The zero-order valence-corrected chi connectivity index (χ0v) is 12.2. The Bertz CT molecular complexity index is 427. The number of unbranched alkanes of at least 4 members (excludes halogenated alkanes) is 2. The molecule has 6 nitrogen and oxygen atoms in total. The van der Waals surface area contributed by atoms with Crippen LogP contribution in [0.15, 0.2) is 11.0 Å². The molecule has 2 aliphatic heterocycles. The second-order valence-electron chi connectivity index (χ2n) is 5.00. The van der Waals surface area contributed by atoms with Gasteiger partial charge >= 0.3 is 5.97 Å². The van der Waals surface area contributed by atoms with E-state index in [0.29, 0.717) is 5.57 Å². The van der Waals surface area contributed by atoms with E-state index in [0.717, 1.165) is 25.8 Å². The molecule has 20 heavy (non-hydrogen) atoms. The van der Waals surface area contributed by atoms with Crippen LogP contribution < -0.4 is 5.32 Å². The number of carboxylic acid groups (broad SMARTS) is 1. The Labute approximate surface area is 122 Å². The number of thioether (sulfide) groups is 1. The lowest BCUT2D eigenvalue weighted by Crippen LogP contribution is -2.73. The van der Waals surface area contributed by atoms with Gasteiger partial charge in [0.15, 0.2) is 6.04 Å². The maximum Gasteiger partial charge on any atom is 0.330 e. The summed E-state index contributed by atoms with van der Waals surface area (Å²) in [6.45, 7) is 2.55. The van der Waals surface area contributed by atoms with Crippen molar-refractivity contribution < 1.29 is 19.8 Å². The van der Waals surface area contributed by atoms with E-state index in [-0.39, 0.29) is 23.9 Å². The summed E-state index contributed by atoms with van der Waals surface area (Å²) in [7, 11) is 0. The molecule has 3 N–H and O–H groups in total. The molecule has 0 aromatic carbocycles. The highest BCUT2D eigenvalue weighted by atomic mass is 32.2. The van der Waals surface area contributed by atoms with Crippen LogP contribution >= 0.6 is 11.8 Å². The molecule has 0 aliphatic carbocycles. The van der Waals surface area contributed by atoms with Gasteiger partial charge in [-0.2, -0.15) is 0 Å². The van der Waals surface area contributed by atoms with Crippen LogP contribution in [0, 0.1) is 0 Å². The molecular formula is C13H20N2O4S. The van der Waals surface area contributed by atoms with Gasteiger partial charge in [0.05, 0.1) is 6.61 Å². The lowest BCUT2D eigenvalue weighted by molar-refractivity contribution is -0.159. The number of aliphatic hydroxyl groups is 1. The first-order valence-corrected chi connectivity index (χ1v) is 7.79. The van der Waals surface area contributed by atoms with Crippen molar-refractivity contribution in [1.29, 1.82) is 0 Å². The van der Waals surface area contributed by atoms with Crippen molar-refractivity contribution in [3.05, 3.63) is 11.0 Å². The molecule has 2 aliphatic rings. The van der Waals surface area contributed by atoms with Crippen LogP contribution in [0.3, 0.4) is 0 Å². The van der Waals surface area contributed by atoms with Gasteiger partial charge in [-0.3, -0.25) is 4.79 Å². The molecule has 0 saturated carbocycles. The highest BCUT2D eigenvalue weighted by Gasteiger charge is 2.54. The summed E-state index contributed by atoms with van der Waals surface area (Å²) in [5.74, 6) is -1.28. The molecule has 2 unspecified atom stereocenters. The number of carboxylic acids is 1. The maximum atomic E-state index is 12.1. The summed E-state index contributed by atoms with van der Waals surface area (Å²) in [6.07, 6.45) is 3.24. The van der Waals surface area contributed by atoms with Crippen molar-refractivity contribution in [2.75, 3.05) is 13.2 Å². The number of amides is 1. The average molecular weight is 300 g/mol. The normalized spacial score (nSPS) is 28.7. The Morgan fingerprint density at radius 3 is 2.85 bits per heavy atom. The Balaban J connectivity index is 1.99. The van der Waals surface area contributed by atoms with Gasteiger partial charge in [-0.15, -0.1) is 11.8 Å². The summed E-state index contributed by atoms with van der Waals surface area (Å²) in [5, 5.41) is 23.1. The van der Waals surface area contributed by atoms with Crippen LogP contribution in [-0.4, -0.2) is 57.6 Å². The van der Waals surface area contributed by atoms with E-state index in [1.807, 2.05) is 0 Å². The third-order valence-corrected chi connectivity index (χ3v) is 4.85. The number of carbonyl (C=O) groups excluding carboxylic acids is 1. The van der Waals surface area contributed by atoms with E-state index in [1.54, 1.807) is 5.41 Å². The smallest absolute Gasteiger partial charge is 0.330 e. The van der Waals surface area contributed by atoms with Crippen molar-refractivity contribution in [3.8, 4) is 0 Å². The van der Waals surface area contributed by atoms with Crippen molar-refractivity contribution >= 4 is 23.6 Å². The topological polar surface area (TPSA) is 89.9 Å². The average Bonchev–Trinajstić information content (AvgIpc) is 2.45. The standard InChI is InChI=1S/C13H20N2O4S/c1-2-3-4-5-14-9-11(17)15-10(13(18)19)8(6-16)7-20-12(9)15/h7,9-10,12,14,16H,2-6H2,1H3,(H,18,19)/t9?,10?,12-/m1/s1. The third-order valence-electron chi connectivity index (χ3n) is 3.63. The fourth-order valence-electron chi connectivity index (χ4n) is 2.53. The van der Waals surface area contributed by atoms with E-state index in [1.165, 1.54) is 16.7 Å². The van der Waals surface area contributed by atoms with E-state index >= 15 is 0 Å². The van der Waals surface area contributed by atoms with Crippen molar-refractivity contribution in [3.63, 3.8) is 0 Å². The zero-order valence-electron chi connectivity index (χ0n) is 11.4. The van der Waals surface area contributed by atoms with Gasteiger partial charge in [0.25, 0.3) is 0 Å². The Morgan fingerprint density at radius 1 is 1.50 bits per heavy atom. The van der Waals surface area contributed by atoms with Crippen LogP contribution in [0.5, 0.6) is 0 Å². The Hall–Kier alpha value is -1.05. The predicted molar refractivity (Wildman–Crippen MR) is 76.1 cm³/mol. The monoisotopic (exact) mass is 300 g/mol. The minimum Gasteiger partial charge on any atom is -0.479 e. The van der Waals surface area contributed by atoms with Gasteiger partial charge in [-0.05, 0) is 23.9 Å². The van der Waals surface area contributed by atoms with E-state index in [2.05, 4.69) is 12.2 Å². The Morgan fingerprint density at radius 2 is 2.25 bits per heavy atom.